The molecule has 0 saturated heterocycles. The van der Waals surface area contributed by atoms with Crippen molar-refractivity contribution < 1.29 is 9.18 Å². The summed E-state index contributed by atoms with van der Waals surface area (Å²) in [5.74, 6) is 0.447. The van der Waals surface area contributed by atoms with Gasteiger partial charge in [0.15, 0.2) is 5.82 Å². The maximum atomic E-state index is 14.1. The predicted molar refractivity (Wildman–Crippen MR) is 144 cm³/mol. The third kappa shape index (κ3) is 3.98. The van der Waals surface area contributed by atoms with Crippen molar-refractivity contribution in [2.45, 2.75) is 19.8 Å². The monoisotopic (exact) mass is 503 g/mol. The number of hydrogen-bond donors (Lipinski definition) is 3. The number of benzene rings is 2. The number of imidazole rings is 1. The van der Waals surface area contributed by atoms with Gasteiger partial charge >= 0.3 is 0 Å². The summed E-state index contributed by atoms with van der Waals surface area (Å²) in [5.41, 5.74) is 7.54. The lowest BCUT2D eigenvalue weighted by molar-refractivity contribution is -0.117. The van der Waals surface area contributed by atoms with E-state index >= 15 is 0 Å². The summed E-state index contributed by atoms with van der Waals surface area (Å²) in [4.78, 5) is 29.3. The second-order valence-electron chi connectivity index (χ2n) is 9.72. The highest BCUT2D eigenvalue weighted by Gasteiger charge is 2.29. The first kappa shape index (κ1) is 22.3. The molecule has 186 valence electrons. The van der Waals surface area contributed by atoms with Crippen molar-refractivity contribution in [3.63, 3.8) is 0 Å². The first-order valence-electron chi connectivity index (χ1n) is 12.4. The molecule has 8 nitrogen and oxygen atoms in total. The molecule has 0 unspecified atom stereocenters. The van der Waals surface area contributed by atoms with Crippen molar-refractivity contribution in [3.05, 3.63) is 78.5 Å². The van der Waals surface area contributed by atoms with E-state index in [1.807, 2.05) is 43.3 Å². The quantitative estimate of drug-likeness (QED) is 0.266. The number of amides is 1. The predicted octanol–water partition coefficient (Wildman–Crippen LogP) is 6.03. The number of pyridine rings is 2. The van der Waals surface area contributed by atoms with Gasteiger partial charge in [0, 0.05) is 28.6 Å². The van der Waals surface area contributed by atoms with Gasteiger partial charge in [-0.05, 0) is 61.2 Å². The van der Waals surface area contributed by atoms with Gasteiger partial charge in [-0.3, -0.25) is 19.9 Å². The Balaban J connectivity index is 1.29. The van der Waals surface area contributed by atoms with Crippen molar-refractivity contribution in [1.82, 2.24) is 30.1 Å². The van der Waals surface area contributed by atoms with Crippen LogP contribution in [0.25, 0.3) is 55.8 Å². The number of hydrogen-bond acceptors (Lipinski definition) is 5. The SMILES string of the molecule is Cc1cc(F)cc(-c2cccc3[nH]c(-c4n[nH]c5cnc(-c6cncc(NC(=O)C7CC7)c6)cc45)nc23)c1. The summed E-state index contributed by atoms with van der Waals surface area (Å²) in [7, 11) is 0. The first-order valence-corrected chi connectivity index (χ1v) is 12.4. The zero-order valence-electron chi connectivity index (χ0n) is 20.4. The Morgan fingerprint density at radius 1 is 1.03 bits per heavy atom. The lowest BCUT2D eigenvalue weighted by Gasteiger charge is -2.06. The highest BCUT2D eigenvalue weighted by atomic mass is 19.1. The van der Waals surface area contributed by atoms with E-state index in [1.165, 1.54) is 12.1 Å². The maximum absolute atomic E-state index is 14.1. The van der Waals surface area contributed by atoms with Crippen LogP contribution in [0.15, 0.2) is 67.1 Å². The summed E-state index contributed by atoms with van der Waals surface area (Å²) in [6.45, 7) is 1.87. The molecule has 1 saturated carbocycles. The van der Waals surface area contributed by atoms with Crippen LogP contribution < -0.4 is 5.32 Å². The molecule has 0 spiro atoms. The number of nitrogens with zero attached hydrogens (tertiary/aromatic N) is 4. The van der Waals surface area contributed by atoms with E-state index in [4.69, 9.17) is 4.98 Å². The van der Waals surface area contributed by atoms with Crippen molar-refractivity contribution in [3.8, 4) is 33.9 Å². The van der Waals surface area contributed by atoms with Gasteiger partial charge in [-0.1, -0.05) is 18.2 Å². The molecule has 1 amide bonds. The number of anilines is 1. The Bertz CT molecular complexity index is 1850. The molecule has 9 heteroatoms. The first-order chi connectivity index (χ1) is 18.5. The van der Waals surface area contributed by atoms with Crippen LogP contribution in [0.1, 0.15) is 18.4 Å². The number of rotatable bonds is 5. The third-order valence-electron chi connectivity index (χ3n) is 6.79. The van der Waals surface area contributed by atoms with Crippen molar-refractivity contribution in [1.29, 1.82) is 0 Å². The Kier molecular flexibility index (Phi) is 5.04. The van der Waals surface area contributed by atoms with Crippen molar-refractivity contribution in [2.24, 2.45) is 5.92 Å². The lowest BCUT2D eigenvalue weighted by Crippen LogP contribution is -2.13. The van der Waals surface area contributed by atoms with Gasteiger partial charge in [-0.2, -0.15) is 5.10 Å². The Labute approximate surface area is 216 Å². The fraction of sp³-hybridized carbons (Fsp3) is 0.138. The molecule has 3 N–H and O–H groups in total. The van der Waals surface area contributed by atoms with Crippen molar-refractivity contribution in [2.75, 3.05) is 5.32 Å². The van der Waals surface area contributed by atoms with Crippen molar-refractivity contribution >= 4 is 33.5 Å². The number of H-pyrrole nitrogens is 2. The van der Waals surface area contributed by atoms with Gasteiger partial charge in [0.05, 0.1) is 40.3 Å². The number of para-hydroxylation sites is 1. The minimum Gasteiger partial charge on any atom is -0.337 e. The van der Waals surface area contributed by atoms with Gasteiger partial charge in [0.2, 0.25) is 5.91 Å². The average molecular weight is 504 g/mol. The molecule has 4 aromatic heterocycles. The van der Waals surface area contributed by atoms with Crippen LogP contribution in [-0.4, -0.2) is 36.0 Å². The van der Waals surface area contributed by atoms with Gasteiger partial charge < -0.3 is 10.3 Å². The van der Waals surface area contributed by atoms with Crippen LogP contribution in [0, 0.1) is 18.7 Å². The van der Waals surface area contributed by atoms with Crippen LogP contribution in [0.5, 0.6) is 0 Å². The molecule has 0 radical (unpaired) electrons. The zero-order valence-corrected chi connectivity index (χ0v) is 20.4. The van der Waals surface area contributed by atoms with E-state index in [9.17, 15) is 9.18 Å². The zero-order chi connectivity index (χ0) is 25.8. The van der Waals surface area contributed by atoms with E-state index in [0.717, 1.165) is 57.0 Å². The molecule has 6 aromatic rings. The fourth-order valence-electron chi connectivity index (χ4n) is 4.76. The Hall–Kier alpha value is -4.92. The van der Waals surface area contributed by atoms with E-state index in [1.54, 1.807) is 18.6 Å². The standard InChI is InChI=1S/C29H22FN7O/c1-15-7-17(9-19(30)8-15)21-3-2-4-23-26(21)35-28(34-23)27-22-11-24(32-14-25(22)36-37-27)18-10-20(13-31-12-18)33-29(38)16-5-6-16/h2-4,7-14,16H,5-6H2,1H3,(H,33,38)(H,34,35)(H,36,37). The molecule has 1 fully saturated rings. The lowest BCUT2D eigenvalue weighted by atomic mass is 10.0. The summed E-state index contributed by atoms with van der Waals surface area (Å²) in [6.07, 6.45) is 6.95. The Morgan fingerprint density at radius 3 is 2.76 bits per heavy atom. The molecule has 2 aromatic carbocycles. The van der Waals surface area contributed by atoms with Crippen LogP contribution in [0.3, 0.4) is 0 Å². The normalized spacial score (nSPS) is 13.3. The molecular weight excluding hydrogens is 481 g/mol. The van der Waals surface area contributed by atoms with E-state index in [0.29, 0.717) is 22.9 Å². The van der Waals surface area contributed by atoms with E-state index in [-0.39, 0.29) is 17.6 Å². The van der Waals surface area contributed by atoms with Crippen LogP contribution in [-0.2, 0) is 4.79 Å². The van der Waals surface area contributed by atoms with Gasteiger partial charge in [-0.25, -0.2) is 9.37 Å². The molecule has 0 atom stereocenters. The molecule has 0 aliphatic heterocycles. The second-order valence-corrected chi connectivity index (χ2v) is 9.72. The summed E-state index contributed by atoms with van der Waals surface area (Å²) in [6, 6.07) is 14.6. The highest BCUT2D eigenvalue weighted by molar-refractivity contribution is 5.98. The molecule has 38 heavy (non-hydrogen) atoms. The molecule has 1 aliphatic carbocycles. The third-order valence-corrected chi connectivity index (χ3v) is 6.79. The van der Waals surface area contributed by atoms with Crippen LogP contribution in [0.4, 0.5) is 10.1 Å². The van der Waals surface area contributed by atoms with Crippen LogP contribution in [0.2, 0.25) is 0 Å². The summed E-state index contributed by atoms with van der Waals surface area (Å²) < 4.78 is 14.1. The highest BCUT2D eigenvalue weighted by Crippen LogP contribution is 2.34. The number of aromatic amines is 2. The number of fused-ring (bicyclic) bond motifs is 2. The summed E-state index contributed by atoms with van der Waals surface area (Å²) in [5, 5.41) is 11.3. The number of aromatic nitrogens is 6. The smallest absolute Gasteiger partial charge is 0.227 e. The second kappa shape index (κ2) is 8.58. The number of carbonyl (C=O) groups excluding carboxylic acids is 1. The summed E-state index contributed by atoms with van der Waals surface area (Å²) >= 11 is 0. The fourth-order valence-corrected chi connectivity index (χ4v) is 4.76. The van der Waals surface area contributed by atoms with E-state index < -0.39 is 0 Å². The minimum atomic E-state index is -0.281. The Morgan fingerprint density at radius 2 is 1.92 bits per heavy atom. The number of carbonyl (C=O) groups is 1. The van der Waals surface area contributed by atoms with Gasteiger partial charge in [0.25, 0.3) is 0 Å². The number of aryl methyl sites for hydroxylation is 1. The molecule has 1 aliphatic rings. The van der Waals surface area contributed by atoms with Gasteiger partial charge in [-0.15, -0.1) is 0 Å². The topological polar surface area (TPSA) is 112 Å². The van der Waals surface area contributed by atoms with E-state index in [2.05, 4.69) is 30.5 Å². The van der Waals surface area contributed by atoms with Gasteiger partial charge in [0.1, 0.15) is 11.5 Å². The number of nitrogens with one attached hydrogen (secondary N) is 3. The maximum Gasteiger partial charge on any atom is 0.227 e. The largest absolute Gasteiger partial charge is 0.337 e. The number of halogens is 1. The van der Waals surface area contributed by atoms with Crippen LogP contribution >= 0.6 is 0 Å². The minimum absolute atomic E-state index is 0.0298. The molecular formula is C29H22FN7O. The molecule has 4 heterocycles. The molecule has 0 bridgehead atoms. The molecule has 7 rings (SSSR count). The average Bonchev–Trinajstić information content (AvgIpc) is 3.54.